The smallest absolute Gasteiger partial charge is 0.245 e. The molecule has 0 saturated heterocycles. The number of nitrogens with zero attached hydrogens (tertiary/aromatic N) is 3. The van der Waals surface area contributed by atoms with Crippen LogP contribution < -0.4 is 5.32 Å². The molecule has 0 radical (unpaired) electrons. The van der Waals surface area contributed by atoms with E-state index in [-0.39, 0.29) is 29.7 Å². The van der Waals surface area contributed by atoms with E-state index in [0.29, 0.717) is 17.4 Å². The van der Waals surface area contributed by atoms with Crippen molar-refractivity contribution >= 4 is 40.8 Å². The summed E-state index contributed by atoms with van der Waals surface area (Å²) in [4.78, 5) is 27.3. The van der Waals surface area contributed by atoms with Crippen LogP contribution in [0.5, 0.6) is 0 Å². The average Bonchev–Trinajstić information content (AvgIpc) is 3.11. The number of carbonyl (C=O) groups excluding carboxylic acids is 2. The Bertz CT molecular complexity index is 915. The highest BCUT2D eigenvalue weighted by Gasteiger charge is 2.32. The van der Waals surface area contributed by atoms with Gasteiger partial charge in [0.25, 0.3) is 0 Å². The second-order valence-electron chi connectivity index (χ2n) is 9.35. The van der Waals surface area contributed by atoms with Crippen molar-refractivity contribution in [2.24, 2.45) is 5.41 Å². The van der Waals surface area contributed by atoms with Crippen molar-refractivity contribution in [2.75, 3.05) is 24.3 Å². The number of hydrogen-bond donors (Lipinski definition) is 1. The minimum Gasteiger partial charge on any atom is -0.333 e. The third kappa shape index (κ3) is 6.47. The zero-order valence-electron chi connectivity index (χ0n) is 19.1. The monoisotopic (exact) mass is 466 g/mol. The molecule has 31 heavy (non-hydrogen) atoms. The Morgan fingerprint density at radius 2 is 1.74 bits per heavy atom. The molecule has 1 N–H and O–H groups in total. The van der Waals surface area contributed by atoms with Crippen molar-refractivity contribution in [3.05, 3.63) is 41.0 Å². The van der Waals surface area contributed by atoms with E-state index in [1.807, 2.05) is 25.1 Å². The largest absolute Gasteiger partial charge is 0.333 e. The van der Waals surface area contributed by atoms with E-state index in [1.54, 1.807) is 35.6 Å². The van der Waals surface area contributed by atoms with Crippen molar-refractivity contribution in [1.29, 1.82) is 0 Å². The summed E-state index contributed by atoms with van der Waals surface area (Å²) in [7, 11) is 0. The normalized spacial score (nSPS) is 12.0. The first-order valence-electron chi connectivity index (χ1n) is 10.4. The first kappa shape index (κ1) is 25.2. The van der Waals surface area contributed by atoms with Crippen LogP contribution in [0.2, 0.25) is 5.02 Å². The van der Waals surface area contributed by atoms with E-state index >= 15 is 0 Å². The molecule has 2 aromatic rings. The molecule has 0 unspecified atom stereocenters. The van der Waals surface area contributed by atoms with Crippen LogP contribution in [0.4, 0.5) is 5.82 Å². The lowest BCUT2D eigenvalue weighted by Gasteiger charge is -2.30. The minimum atomic E-state index is -0.735. The maximum absolute atomic E-state index is 12.9. The highest BCUT2D eigenvalue weighted by molar-refractivity contribution is 6.30. The SMILES string of the molecule is CCCN(CC(=O)Nc1cc(C(C)(C)C)nn1-c1ccc(Cl)cc1)C(=O)C(C)(C)CCl. The zero-order chi connectivity index (χ0) is 23.4. The molecule has 0 fully saturated rings. The van der Waals surface area contributed by atoms with Gasteiger partial charge in [-0.1, -0.05) is 39.3 Å². The van der Waals surface area contributed by atoms with Crippen LogP contribution in [-0.4, -0.2) is 45.5 Å². The van der Waals surface area contributed by atoms with Gasteiger partial charge in [0.05, 0.1) is 23.3 Å². The number of benzene rings is 1. The lowest BCUT2D eigenvalue weighted by molar-refractivity contribution is -0.141. The van der Waals surface area contributed by atoms with Crippen LogP contribution in [0.25, 0.3) is 5.69 Å². The molecule has 170 valence electrons. The Balaban J connectivity index is 2.31. The highest BCUT2D eigenvalue weighted by atomic mass is 35.5. The molecule has 0 saturated carbocycles. The number of aromatic nitrogens is 2. The predicted octanol–water partition coefficient (Wildman–Crippen LogP) is 5.27. The highest BCUT2D eigenvalue weighted by Crippen LogP contribution is 2.27. The molecule has 6 nitrogen and oxygen atoms in total. The number of halogens is 2. The van der Waals surface area contributed by atoms with Crippen LogP contribution in [0.1, 0.15) is 53.7 Å². The quantitative estimate of drug-likeness (QED) is 0.539. The van der Waals surface area contributed by atoms with E-state index < -0.39 is 5.41 Å². The topological polar surface area (TPSA) is 67.2 Å². The number of amides is 2. The number of hydrogen-bond acceptors (Lipinski definition) is 3. The van der Waals surface area contributed by atoms with Gasteiger partial charge in [-0.3, -0.25) is 9.59 Å². The fourth-order valence-corrected chi connectivity index (χ4v) is 3.22. The minimum absolute atomic E-state index is 0.0519. The van der Waals surface area contributed by atoms with Gasteiger partial charge in [0.2, 0.25) is 11.8 Å². The van der Waals surface area contributed by atoms with Crippen molar-refractivity contribution < 1.29 is 9.59 Å². The molecule has 0 atom stereocenters. The Hall–Kier alpha value is -2.05. The van der Waals surface area contributed by atoms with Gasteiger partial charge in [-0.15, -0.1) is 11.6 Å². The molecule has 1 aromatic heterocycles. The van der Waals surface area contributed by atoms with E-state index in [2.05, 4.69) is 26.1 Å². The fourth-order valence-electron chi connectivity index (χ4n) is 2.98. The molecule has 0 aliphatic heterocycles. The molecule has 2 rings (SSSR count). The van der Waals surface area contributed by atoms with Crippen LogP contribution in [0, 0.1) is 5.41 Å². The second-order valence-corrected chi connectivity index (χ2v) is 10.0. The Morgan fingerprint density at radius 3 is 2.26 bits per heavy atom. The van der Waals surface area contributed by atoms with Crippen molar-refractivity contribution in [2.45, 2.75) is 53.4 Å². The van der Waals surface area contributed by atoms with Gasteiger partial charge in [-0.25, -0.2) is 4.68 Å². The van der Waals surface area contributed by atoms with E-state index in [0.717, 1.165) is 17.8 Å². The van der Waals surface area contributed by atoms with Gasteiger partial charge >= 0.3 is 0 Å². The van der Waals surface area contributed by atoms with Gasteiger partial charge in [-0.05, 0) is 44.5 Å². The summed E-state index contributed by atoms with van der Waals surface area (Å²) in [5, 5.41) is 8.25. The molecule has 0 aliphatic carbocycles. The molecule has 0 bridgehead atoms. The molecular formula is C23H32Cl2N4O2. The molecule has 2 amide bonds. The molecule has 1 aromatic carbocycles. The lowest BCUT2D eigenvalue weighted by atomic mass is 9.92. The zero-order valence-corrected chi connectivity index (χ0v) is 20.6. The third-order valence-corrected chi connectivity index (χ3v) is 5.76. The van der Waals surface area contributed by atoms with Crippen molar-refractivity contribution in [1.82, 2.24) is 14.7 Å². The average molecular weight is 467 g/mol. The molecular weight excluding hydrogens is 435 g/mol. The van der Waals surface area contributed by atoms with E-state index in [9.17, 15) is 9.59 Å². The fraction of sp³-hybridized carbons (Fsp3) is 0.522. The number of anilines is 1. The Kier molecular flexibility index (Phi) is 8.17. The van der Waals surface area contributed by atoms with Crippen molar-refractivity contribution in [3.8, 4) is 5.69 Å². The first-order chi connectivity index (χ1) is 14.4. The van der Waals surface area contributed by atoms with Crippen LogP contribution in [0.3, 0.4) is 0 Å². The number of rotatable bonds is 8. The Labute approximate surface area is 194 Å². The number of carbonyl (C=O) groups is 2. The summed E-state index contributed by atoms with van der Waals surface area (Å²) in [6.45, 7) is 12.1. The standard InChI is InChI=1S/C23H32Cl2N4O2/c1-7-12-28(21(31)23(5,6)15-24)14-20(30)26-19-13-18(22(2,3)4)27-29(19)17-10-8-16(25)9-11-17/h8-11,13H,7,12,14-15H2,1-6H3,(H,26,30). The lowest BCUT2D eigenvalue weighted by Crippen LogP contribution is -2.45. The molecule has 1 heterocycles. The molecule has 0 spiro atoms. The maximum Gasteiger partial charge on any atom is 0.245 e. The van der Waals surface area contributed by atoms with E-state index in [1.165, 1.54) is 0 Å². The maximum atomic E-state index is 12.9. The first-order valence-corrected chi connectivity index (χ1v) is 11.3. The number of nitrogens with one attached hydrogen (secondary N) is 1. The summed E-state index contributed by atoms with van der Waals surface area (Å²) in [6.07, 6.45) is 0.744. The van der Waals surface area contributed by atoms with Crippen LogP contribution in [0.15, 0.2) is 30.3 Å². The van der Waals surface area contributed by atoms with Crippen molar-refractivity contribution in [3.63, 3.8) is 0 Å². The Morgan fingerprint density at radius 1 is 1.13 bits per heavy atom. The third-order valence-electron chi connectivity index (χ3n) is 4.84. The summed E-state index contributed by atoms with van der Waals surface area (Å²) in [5.41, 5.74) is 0.676. The second kappa shape index (κ2) is 10.0. The van der Waals surface area contributed by atoms with Crippen LogP contribution in [-0.2, 0) is 15.0 Å². The molecule has 0 aliphatic rings. The van der Waals surface area contributed by atoms with Gasteiger partial charge in [0, 0.05) is 28.9 Å². The number of alkyl halides is 1. The van der Waals surface area contributed by atoms with E-state index in [4.69, 9.17) is 28.3 Å². The van der Waals surface area contributed by atoms with Gasteiger partial charge in [-0.2, -0.15) is 5.10 Å². The summed E-state index contributed by atoms with van der Waals surface area (Å²) >= 11 is 12.0. The molecule has 8 heteroatoms. The van der Waals surface area contributed by atoms with Gasteiger partial charge in [0.1, 0.15) is 5.82 Å². The summed E-state index contributed by atoms with van der Waals surface area (Å²) < 4.78 is 1.68. The van der Waals surface area contributed by atoms with Gasteiger partial charge in [0.15, 0.2) is 0 Å². The summed E-state index contributed by atoms with van der Waals surface area (Å²) in [5.74, 6) is 0.299. The predicted molar refractivity (Wildman–Crippen MR) is 127 cm³/mol. The van der Waals surface area contributed by atoms with Gasteiger partial charge < -0.3 is 10.2 Å². The summed E-state index contributed by atoms with van der Waals surface area (Å²) in [6, 6.07) is 9.09. The van der Waals surface area contributed by atoms with Crippen LogP contribution >= 0.6 is 23.2 Å².